The number of hydrogen-bond donors (Lipinski definition) is 0. The number of thiocarbonyl (C=S) groups is 1. The Labute approximate surface area is 207 Å². The number of hydrogen-bond acceptors (Lipinski definition) is 6. The second-order valence-electron chi connectivity index (χ2n) is 8.45. The number of carbonyl (C=O) groups is 1. The van der Waals surface area contributed by atoms with E-state index in [1.807, 2.05) is 42.5 Å². The van der Waals surface area contributed by atoms with Crippen molar-refractivity contribution in [3.8, 4) is 5.75 Å². The Morgan fingerprint density at radius 2 is 1.76 bits per heavy atom. The number of nitrogens with zero attached hydrogens (tertiary/aromatic N) is 3. The summed E-state index contributed by atoms with van der Waals surface area (Å²) in [5.74, 6) is 0.587. The van der Waals surface area contributed by atoms with Gasteiger partial charge in [0.25, 0.3) is 11.5 Å². The molecule has 3 aromatic rings. The summed E-state index contributed by atoms with van der Waals surface area (Å²) < 4.78 is 7.37. The number of thioether (sulfide) groups is 1. The van der Waals surface area contributed by atoms with Crippen molar-refractivity contribution in [3.63, 3.8) is 0 Å². The summed E-state index contributed by atoms with van der Waals surface area (Å²) in [5.41, 5.74) is 3.20. The van der Waals surface area contributed by atoms with Crippen LogP contribution < -0.4 is 15.2 Å². The molecule has 0 N–H and O–H groups in total. The number of ether oxygens (including phenoxy) is 1. The summed E-state index contributed by atoms with van der Waals surface area (Å²) in [5, 5.41) is 1.02. The van der Waals surface area contributed by atoms with Gasteiger partial charge < -0.3 is 14.2 Å². The van der Waals surface area contributed by atoms with Gasteiger partial charge in [0.2, 0.25) is 0 Å². The van der Waals surface area contributed by atoms with E-state index in [2.05, 4.69) is 11.0 Å². The molecule has 8 heteroatoms. The highest BCUT2D eigenvalue weighted by molar-refractivity contribution is 8.26. The van der Waals surface area contributed by atoms with E-state index >= 15 is 0 Å². The van der Waals surface area contributed by atoms with Crippen molar-refractivity contribution in [2.45, 2.75) is 19.4 Å². The second-order valence-corrected chi connectivity index (χ2v) is 10.1. The average molecular weight is 492 g/mol. The van der Waals surface area contributed by atoms with Gasteiger partial charge in [0, 0.05) is 25.5 Å². The minimum absolute atomic E-state index is 0.110. The Bertz CT molecular complexity index is 1370. The Hall–Kier alpha value is -3.10. The van der Waals surface area contributed by atoms with Crippen molar-refractivity contribution >= 4 is 56.9 Å². The number of rotatable bonds is 5. The Morgan fingerprint density at radius 3 is 2.47 bits per heavy atom. The first-order chi connectivity index (χ1) is 16.5. The van der Waals surface area contributed by atoms with Crippen molar-refractivity contribution in [2.24, 2.45) is 7.05 Å². The summed E-state index contributed by atoms with van der Waals surface area (Å²) in [6, 6.07) is 15.5. The monoisotopic (exact) mass is 491 g/mol. The van der Waals surface area contributed by atoms with Gasteiger partial charge in [0.1, 0.15) is 10.1 Å². The van der Waals surface area contributed by atoms with Gasteiger partial charge in [-0.1, -0.05) is 54.3 Å². The predicted octanol–water partition coefficient (Wildman–Crippen LogP) is 4.55. The molecule has 2 aliphatic heterocycles. The molecule has 0 spiro atoms. The summed E-state index contributed by atoms with van der Waals surface area (Å²) in [7, 11) is 3.40. The molecule has 0 unspecified atom stereocenters. The molecular formula is C26H25N3O3S2. The largest absolute Gasteiger partial charge is 0.497 e. The molecule has 2 fully saturated rings. The highest BCUT2D eigenvalue weighted by atomic mass is 32.2. The molecule has 5 rings (SSSR count). The first-order valence-electron chi connectivity index (χ1n) is 11.2. The minimum Gasteiger partial charge on any atom is -0.497 e. The van der Waals surface area contributed by atoms with Crippen LogP contribution in [-0.2, 0) is 18.4 Å². The standard InChI is InChI=1S/C26H25N3O3S2/c1-27-21-8-4-3-7-19(21)23(28-13-5-6-14-28)20(24(27)30)15-22-25(31)29(26(33)34-22)16-17-9-11-18(32-2)12-10-17/h3-4,7-12,15H,5-6,13-14,16H2,1-2H3. The van der Waals surface area contributed by atoms with Gasteiger partial charge in [0.15, 0.2) is 0 Å². The number of aromatic nitrogens is 1. The number of pyridine rings is 1. The van der Waals surface area contributed by atoms with Crippen LogP contribution in [0.15, 0.2) is 58.2 Å². The normalized spacial score (nSPS) is 17.4. The maximum Gasteiger partial charge on any atom is 0.266 e. The van der Waals surface area contributed by atoms with Crippen LogP contribution in [0.1, 0.15) is 24.0 Å². The Morgan fingerprint density at radius 1 is 1.06 bits per heavy atom. The quantitative estimate of drug-likeness (QED) is 0.386. The Kier molecular flexibility index (Phi) is 6.18. The van der Waals surface area contributed by atoms with Crippen LogP contribution in [0.25, 0.3) is 17.0 Å². The molecular weight excluding hydrogens is 466 g/mol. The SMILES string of the molecule is COc1ccc(CN2C(=O)C(=Cc3c(N4CCCC4)c4ccccc4n(C)c3=O)SC2=S)cc1. The zero-order valence-corrected chi connectivity index (χ0v) is 20.7. The number of para-hydroxylation sites is 1. The van der Waals surface area contributed by atoms with E-state index in [0.717, 1.165) is 53.8 Å². The molecule has 174 valence electrons. The molecule has 3 heterocycles. The van der Waals surface area contributed by atoms with E-state index in [9.17, 15) is 9.59 Å². The van der Waals surface area contributed by atoms with E-state index in [1.165, 1.54) is 11.8 Å². The zero-order chi connectivity index (χ0) is 23.8. The number of carbonyl (C=O) groups excluding carboxylic acids is 1. The van der Waals surface area contributed by atoms with E-state index < -0.39 is 0 Å². The number of methoxy groups -OCH3 is 1. The molecule has 2 saturated heterocycles. The van der Waals surface area contributed by atoms with Crippen LogP contribution >= 0.6 is 24.0 Å². The maximum absolute atomic E-state index is 13.5. The zero-order valence-electron chi connectivity index (χ0n) is 19.1. The van der Waals surface area contributed by atoms with Gasteiger partial charge in [-0.15, -0.1) is 0 Å². The molecule has 0 atom stereocenters. The third-order valence-corrected chi connectivity index (χ3v) is 7.76. The van der Waals surface area contributed by atoms with Gasteiger partial charge >= 0.3 is 0 Å². The van der Waals surface area contributed by atoms with Gasteiger partial charge in [-0.25, -0.2) is 0 Å². The summed E-state index contributed by atoms with van der Waals surface area (Å²) in [6.45, 7) is 2.17. The highest BCUT2D eigenvalue weighted by Crippen LogP contribution is 2.37. The second kappa shape index (κ2) is 9.27. The molecule has 1 amide bonds. The fourth-order valence-corrected chi connectivity index (χ4v) is 5.83. The third kappa shape index (κ3) is 4.01. The number of benzene rings is 2. The summed E-state index contributed by atoms with van der Waals surface area (Å²) >= 11 is 6.80. The molecule has 0 saturated carbocycles. The summed E-state index contributed by atoms with van der Waals surface area (Å²) in [4.78, 5) is 31.2. The summed E-state index contributed by atoms with van der Waals surface area (Å²) in [6.07, 6.45) is 3.93. The fourth-order valence-electron chi connectivity index (χ4n) is 4.60. The number of aryl methyl sites for hydroxylation is 1. The first-order valence-corrected chi connectivity index (χ1v) is 12.5. The lowest BCUT2D eigenvalue weighted by molar-refractivity contribution is -0.122. The smallest absolute Gasteiger partial charge is 0.266 e. The van der Waals surface area contributed by atoms with Crippen molar-refractivity contribution in [2.75, 3.05) is 25.1 Å². The highest BCUT2D eigenvalue weighted by Gasteiger charge is 2.33. The molecule has 34 heavy (non-hydrogen) atoms. The predicted molar refractivity (Wildman–Crippen MR) is 142 cm³/mol. The molecule has 1 aromatic heterocycles. The van der Waals surface area contributed by atoms with Gasteiger partial charge in [0.05, 0.1) is 35.3 Å². The number of fused-ring (bicyclic) bond motifs is 1. The molecule has 0 radical (unpaired) electrons. The topological polar surface area (TPSA) is 54.8 Å². The minimum atomic E-state index is -0.173. The lowest BCUT2D eigenvalue weighted by Crippen LogP contribution is -2.28. The van der Waals surface area contributed by atoms with Crippen molar-refractivity contribution in [1.29, 1.82) is 0 Å². The van der Waals surface area contributed by atoms with E-state index in [-0.39, 0.29) is 11.5 Å². The van der Waals surface area contributed by atoms with E-state index in [1.54, 1.807) is 29.7 Å². The molecule has 6 nitrogen and oxygen atoms in total. The van der Waals surface area contributed by atoms with Crippen LogP contribution in [0.3, 0.4) is 0 Å². The van der Waals surface area contributed by atoms with E-state index in [4.69, 9.17) is 17.0 Å². The molecule has 0 bridgehead atoms. The van der Waals surface area contributed by atoms with Crippen LogP contribution in [0.4, 0.5) is 5.69 Å². The lowest BCUT2D eigenvalue weighted by atomic mass is 10.1. The van der Waals surface area contributed by atoms with Gasteiger partial charge in [-0.3, -0.25) is 14.5 Å². The molecule has 0 aliphatic carbocycles. The number of amides is 1. The average Bonchev–Trinajstić information content (AvgIpc) is 3.47. The van der Waals surface area contributed by atoms with Crippen LogP contribution in [0.2, 0.25) is 0 Å². The molecule has 2 aliphatic rings. The van der Waals surface area contributed by atoms with Crippen LogP contribution in [-0.4, -0.2) is 39.9 Å². The van der Waals surface area contributed by atoms with Crippen molar-refractivity contribution in [3.05, 3.63) is 74.9 Å². The first kappa shape index (κ1) is 22.7. The maximum atomic E-state index is 13.5. The number of anilines is 1. The van der Waals surface area contributed by atoms with E-state index in [0.29, 0.717) is 21.3 Å². The van der Waals surface area contributed by atoms with Crippen LogP contribution in [0.5, 0.6) is 5.75 Å². The van der Waals surface area contributed by atoms with Gasteiger partial charge in [-0.05, 0) is 42.7 Å². The molecule has 2 aromatic carbocycles. The Balaban J connectivity index is 1.56. The van der Waals surface area contributed by atoms with Crippen LogP contribution in [0, 0.1) is 0 Å². The third-order valence-electron chi connectivity index (χ3n) is 6.38. The van der Waals surface area contributed by atoms with Gasteiger partial charge in [-0.2, -0.15) is 0 Å². The van der Waals surface area contributed by atoms with Crippen molar-refractivity contribution in [1.82, 2.24) is 9.47 Å². The fraction of sp³-hybridized carbons (Fsp3) is 0.269. The lowest BCUT2D eigenvalue weighted by Gasteiger charge is -2.23. The van der Waals surface area contributed by atoms with Crippen molar-refractivity contribution < 1.29 is 9.53 Å².